The molecule has 0 amide bonds. The summed E-state index contributed by atoms with van der Waals surface area (Å²) in [6.07, 6.45) is 2.55. The van der Waals surface area contributed by atoms with E-state index < -0.39 is 15.1 Å². The molecule has 0 spiro atoms. The molecule has 0 fully saturated rings. The van der Waals surface area contributed by atoms with Gasteiger partial charge in [-0.15, -0.1) is 0 Å². The van der Waals surface area contributed by atoms with Crippen molar-refractivity contribution in [2.45, 2.75) is 18.7 Å². The fourth-order valence-electron chi connectivity index (χ4n) is 0.818. The Morgan fingerprint density at radius 2 is 2.31 bits per heavy atom. The van der Waals surface area contributed by atoms with Gasteiger partial charge < -0.3 is 10.2 Å². The Balaban J connectivity index is 2.96. The number of nitrogens with zero attached hydrogens (tertiary/aromatic N) is 1. The number of rotatable bonds is 3. The summed E-state index contributed by atoms with van der Waals surface area (Å²) in [5.74, 6) is 0.688. The second-order valence-electron chi connectivity index (χ2n) is 2.83. The van der Waals surface area contributed by atoms with Crippen LogP contribution >= 0.6 is 0 Å². The first-order valence-corrected chi connectivity index (χ1v) is 5.74. The Bertz CT molecular complexity index is 382. The maximum Gasteiger partial charge on any atom is 0.208 e. The van der Waals surface area contributed by atoms with Gasteiger partial charge in [-0.05, 0) is 6.92 Å². The van der Waals surface area contributed by atoms with E-state index in [2.05, 4.69) is 4.98 Å². The summed E-state index contributed by atoms with van der Waals surface area (Å²) in [5, 5.41) is -0.666. The number of sulfone groups is 1. The molecule has 74 valence electrons. The highest BCUT2D eigenvalue weighted by molar-refractivity contribution is 7.90. The molecule has 2 N–H and O–H groups in total. The lowest BCUT2D eigenvalue weighted by molar-refractivity contribution is 0.452. The topological polar surface area (TPSA) is 86.2 Å². The largest absolute Gasteiger partial charge is 0.443 e. The van der Waals surface area contributed by atoms with Gasteiger partial charge in [0, 0.05) is 6.26 Å². The molecule has 5 nitrogen and oxygen atoms in total. The molecule has 13 heavy (non-hydrogen) atoms. The van der Waals surface area contributed by atoms with Crippen LogP contribution in [0.25, 0.3) is 0 Å². The van der Waals surface area contributed by atoms with E-state index in [-0.39, 0.29) is 6.54 Å². The predicted octanol–water partition coefficient (Wildman–Crippen LogP) is 0.239. The van der Waals surface area contributed by atoms with E-state index in [0.29, 0.717) is 11.7 Å². The second-order valence-corrected chi connectivity index (χ2v) is 5.20. The Hall–Kier alpha value is -0.880. The van der Waals surface area contributed by atoms with Crippen molar-refractivity contribution in [2.24, 2.45) is 5.73 Å². The van der Waals surface area contributed by atoms with Crippen LogP contribution in [-0.2, 0) is 16.4 Å². The standard InChI is InChI=1S/C7H12N2O3S/c1-5(13(2,10)11)6-4-9-7(3-8)12-6/h4-5H,3,8H2,1-2H3. The average Bonchev–Trinajstić information content (AvgIpc) is 2.48. The molecule has 1 heterocycles. The highest BCUT2D eigenvalue weighted by atomic mass is 32.2. The molecule has 0 aliphatic rings. The van der Waals surface area contributed by atoms with Crippen LogP contribution in [0.4, 0.5) is 0 Å². The SMILES string of the molecule is CC(c1cnc(CN)o1)S(C)(=O)=O. The molecule has 0 aliphatic heterocycles. The molecule has 6 heteroatoms. The van der Waals surface area contributed by atoms with Crippen molar-refractivity contribution in [2.75, 3.05) is 6.26 Å². The van der Waals surface area contributed by atoms with Gasteiger partial charge in [-0.2, -0.15) is 0 Å². The van der Waals surface area contributed by atoms with Crippen molar-refractivity contribution in [3.05, 3.63) is 17.8 Å². The van der Waals surface area contributed by atoms with E-state index in [9.17, 15) is 8.42 Å². The number of nitrogens with two attached hydrogens (primary N) is 1. The van der Waals surface area contributed by atoms with Crippen LogP contribution in [0.2, 0.25) is 0 Å². The molecular formula is C7H12N2O3S. The molecule has 1 unspecified atom stereocenters. The van der Waals surface area contributed by atoms with Crippen LogP contribution in [0.15, 0.2) is 10.6 Å². The summed E-state index contributed by atoms with van der Waals surface area (Å²) < 4.78 is 27.3. The highest BCUT2D eigenvalue weighted by Crippen LogP contribution is 2.21. The molecule has 0 radical (unpaired) electrons. The Labute approximate surface area is 76.9 Å². The van der Waals surface area contributed by atoms with Crippen molar-refractivity contribution in [1.82, 2.24) is 4.98 Å². The zero-order valence-electron chi connectivity index (χ0n) is 7.52. The molecular weight excluding hydrogens is 192 g/mol. The maximum absolute atomic E-state index is 11.1. The van der Waals surface area contributed by atoms with Gasteiger partial charge in [0.15, 0.2) is 9.84 Å². The third-order valence-electron chi connectivity index (χ3n) is 1.79. The quantitative estimate of drug-likeness (QED) is 0.762. The van der Waals surface area contributed by atoms with E-state index in [4.69, 9.17) is 10.2 Å². The van der Waals surface area contributed by atoms with E-state index in [0.717, 1.165) is 6.26 Å². The first kappa shape index (κ1) is 10.2. The minimum absolute atomic E-state index is 0.177. The summed E-state index contributed by atoms with van der Waals surface area (Å²) in [6, 6.07) is 0. The third kappa shape index (κ3) is 2.28. The lowest BCUT2D eigenvalue weighted by Crippen LogP contribution is -2.06. The molecule has 1 aromatic heterocycles. The van der Waals surface area contributed by atoms with Crippen molar-refractivity contribution < 1.29 is 12.8 Å². The van der Waals surface area contributed by atoms with Gasteiger partial charge in [0.05, 0.1) is 12.7 Å². The highest BCUT2D eigenvalue weighted by Gasteiger charge is 2.21. The molecule has 0 aromatic carbocycles. The van der Waals surface area contributed by atoms with Crippen molar-refractivity contribution >= 4 is 9.84 Å². The van der Waals surface area contributed by atoms with Gasteiger partial charge in [-0.3, -0.25) is 0 Å². The lowest BCUT2D eigenvalue weighted by atomic mass is 10.4. The minimum Gasteiger partial charge on any atom is -0.443 e. The maximum atomic E-state index is 11.1. The van der Waals surface area contributed by atoms with E-state index >= 15 is 0 Å². The lowest BCUT2D eigenvalue weighted by Gasteiger charge is -2.03. The van der Waals surface area contributed by atoms with Gasteiger partial charge in [-0.1, -0.05) is 0 Å². The van der Waals surface area contributed by atoms with E-state index in [1.165, 1.54) is 6.20 Å². The zero-order chi connectivity index (χ0) is 10.1. The molecule has 1 rings (SSSR count). The normalized spacial score (nSPS) is 14.4. The third-order valence-corrected chi connectivity index (χ3v) is 3.31. The molecule has 1 aromatic rings. The number of oxazole rings is 1. The van der Waals surface area contributed by atoms with Crippen LogP contribution in [0.3, 0.4) is 0 Å². The van der Waals surface area contributed by atoms with Gasteiger partial charge in [0.25, 0.3) is 0 Å². The van der Waals surface area contributed by atoms with E-state index in [1.54, 1.807) is 6.92 Å². The van der Waals surface area contributed by atoms with Crippen LogP contribution < -0.4 is 5.73 Å². The summed E-state index contributed by atoms with van der Waals surface area (Å²) in [7, 11) is -3.13. The summed E-state index contributed by atoms with van der Waals surface area (Å²) in [4.78, 5) is 3.81. The van der Waals surface area contributed by atoms with Gasteiger partial charge in [0.2, 0.25) is 5.89 Å². The molecule has 0 bridgehead atoms. The summed E-state index contributed by atoms with van der Waals surface area (Å²) >= 11 is 0. The first-order chi connectivity index (χ1) is 5.95. The fourth-order valence-corrected chi connectivity index (χ4v) is 1.35. The molecule has 0 aliphatic carbocycles. The second kappa shape index (κ2) is 3.47. The Morgan fingerprint density at radius 3 is 2.69 bits per heavy atom. The first-order valence-electron chi connectivity index (χ1n) is 3.78. The fraction of sp³-hybridized carbons (Fsp3) is 0.571. The summed E-state index contributed by atoms with van der Waals surface area (Å²) in [6.45, 7) is 1.73. The smallest absolute Gasteiger partial charge is 0.208 e. The van der Waals surface area contributed by atoms with Crippen LogP contribution in [0.1, 0.15) is 23.8 Å². The molecule has 1 atom stereocenters. The Morgan fingerprint density at radius 1 is 1.69 bits per heavy atom. The minimum atomic E-state index is -3.13. The number of hydrogen-bond donors (Lipinski definition) is 1. The van der Waals surface area contributed by atoms with Crippen LogP contribution in [0.5, 0.6) is 0 Å². The van der Waals surface area contributed by atoms with Gasteiger partial charge in [-0.25, -0.2) is 13.4 Å². The van der Waals surface area contributed by atoms with Crippen LogP contribution in [-0.4, -0.2) is 19.7 Å². The summed E-state index contributed by atoms with van der Waals surface area (Å²) in [5.41, 5.74) is 5.27. The monoisotopic (exact) mass is 204 g/mol. The van der Waals surface area contributed by atoms with Crippen molar-refractivity contribution in [1.29, 1.82) is 0 Å². The number of hydrogen-bond acceptors (Lipinski definition) is 5. The van der Waals surface area contributed by atoms with Crippen molar-refractivity contribution in [3.8, 4) is 0 Å². The Kier molecular flexibility index (Phi) is 2.72. The molecule has 0 saturated heterocycles. The predicted molar refractivity (Wildman–Crippen MR) is 47.7 cm³/mol. The van der Waals surface area contributed by atoms with Crippen LogP contribution in [0, 0.1) is 0 Å². The molecule has 0 saturated carbocycles. The zero-order valence-corrected chi connectivity index (χ0v) is 8.34. The van der Waals surface area contributed by atoms with E-state index in [1.807, 2.05) is 0 Å². The number of aromatic nitrogens is 1. The average molecular weight is 204 g/mol. The van der Waals surface area contributed by atoms with Gasteiger partial charge in [0.1, 0.15) is 11.0 Å². The van der Waals surface area contributed by atoms with Crippen molar-refractivity contribution in [3.63, 3.8) is 0 Å². The van der Waals surface area contributed by atoms with Gasteiger partial charge >= 0.3 is 0 Å².